The molecule has 0 amide bonds. The number of benzene rings is 1. The van der Waals surface area contributed by atoms with Gasteiger partial charge < -0.3 is 5.11 Å². The molecule has 0 radical (unpaired) electrons. The monoisotopic (exact) mass is 431 g/mol. The molecule has 11 heteroatoms. The summed E-state index contributed by atoms with van der Waals surface area (Å²) in [6.45, 7) is -0.967. The number of hydrogen-bond donors (Lipinski definition) is 3. The summed E-state index contributed by atoms with van der Waals surface area (Å²) in [7, 11) is -6.96. The first-order valence-corrected chi connectivity index (χ1v) is 12.0. The zero-order valence-corrected chi connectivity index (χ0v) is 17.0. The van der Waals surface area contributed by atoms with E-state index < -0.39 is 38.9 Å². The maximum Gasteiger partial charge on any atom is 0.209 e. The standard InChI is InChI=1S/C17H22FN3O5S2/c1-27(23,24)20-11-15-8-7-14(10-19-15)12-3-5-13(6-4-12)17(22)16(9-18)21-28(2,25)26/h3-8,10,16-17,20-22H,9,11H2,1-2H3/t16-,17+/m1/s1. The summed E-state index contributed by atoms with van der Waals surface area (Å²) < 4.78 is 62.3. The Kier molecular flexibility index (Phi) is 7.23. The first-order valence-electron chi connectivity index (χ1n) is 8.20. The van der Waals surface area contributed by atoms with Crippen LogP contribution in [0.4, 0.5) is 4.39 Å². The molecular weight excluding hydrogens is 409 g/mol. The van der Waals surface area contributed by atoms with Crippen LogP contribution in [-0.2, 0) is 26.6 Å². The van der Waals surface area contributed by atoms with Crippen molar-refractivity contribution in [1.82, 2.24) is 14.4 Å². The molecule has 8 nitrogen and oxygen atoms in total. The second-order valence-corrected chi connectivity index (χ2v) is 9.96. The number of nitrogens with zero attached hydrogens (tertiary/aromatic N) is 1. The molecule has 2 atom stereocenters. The zero-order valence-electron chi connectivity index (χ0n) is 15.3. The first-order chi connectivity index (χ1) is 13.0. The van der Waals surface area contributed by atoms with Crippen LogP contribution in [0.5, 0.6) is 0 Å². The molecule has 0 bridgehead atoms. The van der Waals surface area contributed by atoms with Crippen molar-refractivity contribution >= 4 is 20.0 Å². The van der Waals surface area contributed by atoms with Crippen LogP contribution >= 0.6 is 0 Å². The third kappa shape index (κ3) is 6.91. The summed E-state index contributed by atoms with van der Waals surface area (Å²) in [5, 5.41) is 10.2. The highest BCUT2D eigenvalue weighted by Gasteiger charge is 2.24. The Bertz CT molecular complexity index is 994. The van der Waals surface area contributed by atoms with Crippen LogP contribution < -0.4 is 9.44 Å². The van der Waals surface area contributed by atoms with Crippen LogP contribution in [0, 0.1) is 0 Å². The SMILES string of the molecule is CS(=O)(=O)NCc1ccc(-c2ccc([C@H](O)[C@@H](CF)NS(C)(=O)=O)cc2)cn1. The van der Waals surface area contributed by atoms with E-state index in [1.54, 1.807) is 42.6 Å². The minimum Gasteiger partial charge on any atom is -0.387 e. The molecule has 0 aliphatic heterocycles. The molecule has 0 spiro atoms. The van der Waals surface area contributed by atoms with Crippen LogP contribution in [-0.4, -0.2) is 52.2 Å². The predicted octanol–water partition coefficient (Wildman–Crippen LogP) is 0.718. The lowest BCUT2D eigenvalue weighted by molar-refractivity contribution is 0.125. The molecule has 1 aromatic carbocycles. The summed E-state index contributed by atoms with van der Waals surface area (Å²) in [5.41, 5.74) is 2.46. The van der Waals surface area contributed by atoms with Crippen molar-refractivity contribution in [1.29, 1.82) is 0 Å². The number of aromatic nitrogens is 1. The van der Waals surface area contributed by atoms with Gasteiger partial charge >= 0.3 is 0 Å². The fourth-order valence-electron chi connectivity index (χ4n) is 2.47. The lowest BCUT2D eigenvalue weighted by Gasteiger charge is -2.21. The average Bonchev–Trinajstić information content (AvgIpc) is 2.63. The van der Waals surface area contributed by atoms with Crippen LogP contribution in [0.1, 0.15) is 17.4 Å². The van der Waals surface area contributed by atoms with Gasteiger partial charge in [0, 0.05) is 11.8 Å². The van der Waals surface area contributed by atoms with Gasteiger partial charge in [-0.15, -0.1) is 0 Å². The normalized spacial score (nSPS) is 14.6. The zero-order chi connectivity index (χ0) is 20.9. The molecule has 28 heavy (non-hydrogen) atoms. The van der Waals surface area contributed by atoms with Gasteiger partial charge in [0.1, 0.15) is 6.67 Å². The highest BCUT2D eigenvalue weighted by atomic mass is 32.2. The van der Waals surface area contributed by atoms with E-state index in [1.807, 2.05) is 0 Å². The maximum absolute atomic E-state index is 13.1. The van der Waals surface area contributed by atoms with E-state index in [-0.39, 0.29) is 6.54 Å². The fourth-order valence-corrected chi connectivity index (χ4v) is 3.62. The predicted molar refractivity (Wildman–Crippen MR) is 104 cm³/mol. The number of pyridine rings is 1. The van der Waals surface area contributed by atoms with Crippen LogP contribution in [0.3, 0.4) is 0 Å². The van der Waals surface area contributed by atoms with Crippen LogP contribution in [0.2, 0.25) is 0 Å². The lowest BCUT2D eigenvalue weighted by atomic mass is 10.00. The van der Waals surface area contributed by atoms with Crippen molar-refractivity contribution in [3.05, 3.63) is 53.9 Å². The van der Waals surface area contributed by atoms with Gasteiger partial charge in [-0.25, -0.2) is 30.7 Å². The Morgan fingerprint density at radius 2 is 1.61 bits per heavy atom. The molecular formula is C17H22FN3O5S2. The molecule has 0 unspecified atom stereocenters. The van der Waals surface area contributed by atoms with Crippen molar-refractivity contribution in [3.8, 4) is 11.1 Å². The van der Waals surface area contributed by atoms with Crippen molar-refractivity contribution in [2.24, 2.45) is 0 Å². The molecule has 0 saturated heterocycles. The Labute approximate surface area is 163 Å². The molecule has 0 fully saturated rings. The molecule has 0 aliphatic carbocycles. The Hall–Kier alpha value is -1.92. The number of rotatable bonds is 9. The molecule has 0 saturated carbocycles. The van der Waals surface area contributed by atoms with Crippen molar-refractivity contribution in [2.45, 2.75) is 18.7 Å². The second-order valence-electron chi connectivity index (χ2n) is 6.35. The lowest BCUT2D eigenvalue weighted by Crippen LogP contribution is -2.40. The number of sulfonamides is 2. The number of hydrogen-bond acceptors (Lipinski definition) is 6. The molecule has 1 heterocycles. The third-order valence-electron chi connectivity index (χ3n) is 3.84. The fraction of sp³-hybridized carbons (Fsp3) is 0.353. The number of aliphatic hydroxyl groups is 1. The van der Waals surface area contributed by atoms with E-state index >= 15 is 0 Å². The van der Waals surface area contributed by atoms with E-state index in [4.69, 9.17) is 0 Å². The van der Waals surface area contributed by atoms with Gasteiger partial charge in [-0.1, -0.05) is 30.3 Å². The molecule has 1 aromatic heterocycles. The van der Waals surface area contributed by atoms with Crippen molar-refractivity contribution < 1.29 is 26.3 Å². The minimum absolute atomic E-state index is 0.0855. The van der Waals surface area contributed by atoms with Crippen molar-refractivity contribution in [2.75, 3.05) is 19.2 Å². The summed E-state index contributed by atoms with van der Waals surface area (Å²) >= 11 is 0. The van der Waals surface area contributed by atoms with Gasteiger partial charge in [-0.3, -0.25) is 4.98 Å². The number of aliphatic hydroxyl groups excluding tert-OH is 1. The molecule has 154 valence electrons. The summed E-state index contributed by atoms with van der Waals surface area (Å²) in [5.74, 6) is 0. The molecule has 2 aromatic rings. The number of nitrogens with one attached hydrogen (secondary N) is 2. The number of halogens is 1. The molecule has 3 N–H and O–H groups in total. The van der Waals surface area contributed by atoms with Crippen LogP contribution in [0.25, 0.3) is 11.1 Å². The van der Waals surface area contributed by atoms with Gasteiger partial charge in [0.05, 0.1) is 36.9 Å². The Morgan fingerprint density at radius 3 is 2.07 bits per heavy atom. The minimum atomic E-state index is -3.66. The summed E-state index contributed by atoms with van der Waals surface area (Å²) in [4.78, 5) is 4.19. The molecule has 2 rings (SSSR count). The topological polar surface area (TPSA) is 125 Å². The largest absolute Gasteiger partial charge is 0.387 e. The maximum atomic E-state index is 13.1. The Balaban J connectivity index is 2.11. The van der Waals surface area contributed by atoms with Crippen LogP contribution in [0.15, 0.2) is 42.6 Å². The van der Waals surface area contributed by atoms with E-state index in [9.17, 15) is 26.3 Å². The number of alkyl halides is 1. The Morgan fingerprint density at radius 1 is 1.00 bits per heavy atom. The van der Waals surface area contributed by atoms with Crippen molar-refractivity contribution in [3.63, 3.8) is 0 Å². The highest BCUT2D eigenvalue weighted by molar-refractivity contribution is 7.89. The quantitative estimate of drug-likeness (QED) is 0.537. The highest BCUT2D eigenvalue weighted by Crippen LogP contribution is 2.23. The van der Waals surface area contributed by atoms with Gasteiger partial charge in [0.2, 0.25) is 20.0 Å². The van der Waals surface area contributed by atoms with Gasteiger partial charge in [0.25, 0.3) is 0 Å². The summed E-state index contributed by atoms with van der Waals surface area (Å²) in [6.07, 6.45) is 2.21. The summed E-state index contributed by atoms with van der Waals surface area (Å²) in [6, 6.07) is 8.72. The van der Waals surface area contributed by atoms with Gasteiger partial charge in [0.15, 0.2) is 0 Å². The first kappa shape index (κ1) is 22.4. The smallest absolute Gasteiger partial charge is 0.209 e. The second kappa shape index (κ2) is 9.05. The third-order valence-corrected chi connectivity index (χ3v) is 5.24. The average molecular weight is 432 g/mol. The van der Waals surface area contributed by atoms with E-state index in [0.717, 1.165) is 23.6 Å². The van der Waals surface area contributed by atoms with Gasteiger partial charge in [-0.05, 0) is 17.2 Å². The molecule has 0 aliphatic rings. The van der Waals surface area contributed by atoms with E-state index in [2.05, 4.69) is 14.4 Å². The van der Waals surface area contributed by atoms with E-state index in [0.29, 0.717) is 11.3 Å². The van der Waals surface area contributed by atoms with E-state index in [1.165, 1.54) is 0 Å². The van der Waals surface area contributed by atoms with Gasteiger partial charge in [-0.2, -0.15) is 0 Å².